The van der Waals surface area contributed by atoms with Gasteiger partial charge in [-0.25, -0.2) is 34.7 Å². The first-order valence-corrected chi connectivity index (χ1v) is 17.1. The van der Waals surface area contributed by atoms with Crippen molar-refractivity contribution in [1.82, 2.24) is 17.9 Å². The second-order valence-electron chi connectivity index (χ2n) is 9.42. The first-order valence-electron chi connectivity index (χ1n) is 12.6. The highest BCUT2D eigenvalue weighted by atomic mass is 32.2. The zero-order chi connectivity index (χ0) is 29.6. The highest BCUT2D eigenvalue weighted by molar-refractivity contribution is 8.38. The predicted molar refractivity (Wildman–Crippen MR) is 166 cm³/mol. The number of aromatic nitrogens is 4. The molecule has 0 aliphatic carbocycles. The lowest BCUT2D eigenvalue weighted by Gasteiger charge is -2.12. The van der Waals surface area contributed by atoms with Crippen molar-refractivity contribution in [1.29, 1.82) is 5.41 Å². The molecule has 9 nitrogen and oxygen atoms in total. The summed E-state index contributed by atoms with van der Waals surface area (Å²) in [5, 5.41) is 8.92. The minimum atomic E-state index is -4.07. The molecule has 4 aromatic carbocycles. The molecule has 0 saturated carbocycles. The van der Waals surface area contributed by atoms with Crippen LogP contribution in [0.5, 0.6) is 0 Å². The second kappa shape index (κ2) is 10.7. The molecule has 0 aliphatic heterocycles. The molecule has 2 heterocycles. The highest BCUT2D eigenvalue weighted by Crippen LogP contribution is 2.36. The van der Waals surface area contributed by atoms with Gasteiger partial charge in [0.1, 0.15) is 4.38 Å². The van der Waals surface area contributed by atoms with Gasteiger partial charge in [0.2, 0.25) is 0 Å². The van der Waals surface area contributed by atoms with E-state index in [2.05, 4.69) is 9.97 Å². The van der Waals surface area contributed by atoms with E-state index in [1.54, 1.807) is 72.8 Å². The summed E-state index contributed by atoms with van der Waals surface area (Å²) >= 11 is 1.63. The van der Waals surface area contributed by atoms with Gasteiger partial charge in [0, 0.05) is 0 Å². The average Bonchev–Trinajstić information content (AvgIpc) is 3.51. The zero-order valence-corrected chi connectivity index (χ0v) is 25.6. The highest BCUT2D eigenvalue weighted by Gasteiger charge is 2.28. The lowest BCUT2D eigenvalue weighted by atomic mass is 10.2. The van der Waals surface area contributed by atoms with Crippen molar-refractivity contribution in [2.45, 2.75) is 34.0 Å². The Balaban J connectivity index is 1.41. The fourth-order valence-electron chi connectivity index (χ4n) is 4.37. The summed E-state index contributed by atoms with van der Waals surface area (Å²) in [6.07, 6.45) is 0. The van der Waals surface area contributed by atoms with Crippen LogP contribution in [0.4, 0.5) is 0 Å². The Hall–Kier alpha value is -3.91. The van der Waals surface area contributed by atoms with Crippen LogP contribution in [0.2, 0.25) is 0 Å². The summed E-state index contributed by atoms with van der Waals surface area (Å²) in [7, 11) is -8.14. The molecule has 0 atom stereocenters. The number of fused-ring (bicyclic) bond motifs is 2. The largest absolute Gasteiger partial charge is 0.287 e. The van der Waals surface area contributed by atoms with Crippen LogP contribution in [0.3, 0.4) is 0 Å². The molecule has 0 bridgehead atoms. The smallest absolute Gasteiger partial charge is 0.270 e. The van der Waals surface area contributed by atoms with Gasteiger partial charge in [-0.1, -0.05) is 59.7 Å². The molecular weight excluding hydrogens is 611 g/mol. The number of nitrogens with zero attached hydrogens (tertiary/aromatic N) is 4. The number of para-hydroxylation sites is 4. The summed E-state index contributed by atoms with van der Waals surface area (Å²) in [4.78, 5) is 9.21. The topological polar surface area (TPSA) is 128 Å². The maximum Gasteiger partial charge on any atom is 0.270 e. The number of hydrogen-bond acceptors (Lipinski definition) is 9. The van der Waals surface area contributed by atoms with Crippen LogP contribution in [-0.2, 0) is 20.0 Å². The van der Waals surface area contributed by atoms with Gasteiger partial charge >= 0.3 is 0 Å². The van der Waals surface area contributed by atoms with Crippen molar-refractivity contribution in [3.05, 3.63) is 108 Å². The predicted octanol–water partition coefficient (Wildman–Crippen LogP) is 6.30. The molecule has 0 saturated heterocycles. The van der Waals surface area contributed by atoms with Gasteiger partial charge in [-0.2, -0.15) is 0 Å². The Morgan fingerprint density at radius 1 is 0.595 bits per heavy atom. The quantitative estimate of drug-likeness (QED) is 0.129. The van der Waals surface area contributed by atoms with Crippen LogP contribution in [0.1, 0.15) is 11.1 Å². The van der Waals surface area contributed by atoms with Gasteiger partial charge in [0.05, 0.1) is 31.9 Å². The first-order chi connectivity index (χ1) is 20.1. The molecule has 13 heteroatoms. The van der Waals surface area contributed by atoms with Crippen LogP contribution >= 0.6 is 23.5 Å². The molecule has 2 aromatic heterocycles. The maximum atomic E-state index is 13.8. The number of nitrogens with one attached hydrogen (secondary N) is 1. The van der Waals surface area contributed by atoms with E-state index in [1.165, 1.54) is 24.3 Å². The Kier molecular flexibility index (Phi) is 7.21. The Morgan fingerprint density at radius 3 is 1.33 bits per heavy atom. The van der Waals surface area contributed by atoms with Gasteiger partial charge in [0.15, 0.2) is 10.3 Å². The molecule has 0 unspecified atom stereocenters. The Labute approximate surface area is 251 Å². The average molecular weight is 634 g/mol. The van der Waals surface area contributed by atoms with E-state index in [4.69, 9.17) is 5.41 Å². The third-order valence-corrected chi connectivity index (χ3v) is 11.9. The number of aryl methyl sites for hydroxylation is 2. The molecule has 6 aromatic rings. The number of imidazole rings is 2. The fraction of sp³-hybridized carbons (Fsp3) is 0.0690. The molecule has 42 heavy (non-hydrogen) atoms. The molecule has 212 valence electrons. The molecule has 0 fully saturated rings. The van der Waals surface area contributed by atoms with E-state index < -0.39 is 20.0 Å². The van der Waals surface area contributed by atoms with Crippen molar-refractivity contribution in [3.8, 4) is 0 Å². The van der Waals surface area contributed by atoms with Crippen LogP contribution in [0, 0.1) is 19.3 Å². The molecule has 1 N–H and O–H groups in total. The molecule has 0 spiro atoms. The van der Waals surface area contributed by atoms with Crippen molar-refractivity contribution < 1.29 is 16.8 Å². The lowest BCUT2D eigenvalue weighted by Crippen LogP contribution is -2.15. The molecule has 6 rings (SSSR count). The Bertz CT molecular complexity index is 2050. The van der Waals surface area contributed by atoms with Gasteiger partial charge in [-0.15, -0.1) is 0 Å². The standard InChI is InChI=1S/C29H23N5O4S4/c1-19-11-15-21(16-12-19)41(35,36)33-25-9-5-3-7-23(25)31-28(33)39-27(30)40-29-32-24-8-4-6-10-26(24)34(29)42(37,38)22-17-13-20(2)14-18-22/h3-18,30H,1-2H3. The maximum absolute atomic E-state index is 13.8. The Morgan fingerprint density at radius 2 is 0.952 bits per heavy atom. The molecule has 0 aliphatic rings. The van der Waals surface area contributed by atoms with E-state index in [1.807, 2.05) is 13.8 Å². The van der Waals surface area contributed by atoms with Gasteiger partial charge in [0.25, 0.3) is 20.0 Å². The SMILES string of the molecule is Cc1ccc(S(=O)(=O)n2c(SC(=N)Sc3nc4ccccc4n3S(=O)(=O)c3ccc(C)cc3)nc3ccccc32)cc1. The van der Waals surface area contributed by atoms with Crippen molar-refractivity contribution in [3.63, 3.8) is 0 Å². The number of benzene rings is 4. The van der Waals surface area contributed by atoms with E-state index in [-0.39, 0.29) is 24.5 Å². The normalized spacial score (nSPS) is 12.2. The summed E-state index contributed by atoms with van der Waals surface area (Å²) in [6, 6.07) is 26.7. The van der Waals surface area contributed by atoms with Gasteiger partial charge in [-0.3, -0.25) is 5.41 Å². The molecular formula is C29H23N5O4S4. The van der Waals surface area contributed by atoms with E-state index in [0.29, 0.717) is 22.1 Å². The summed E-state index contributed by atoms with van der Waals surface area (Å²) in [6.45, 7) is 3.74. The van der Waals surface area contributed by atoms with Gasteiger partial charge < -0.3 is 0 Å². The lowest BCUT2D eigenvalue weighted by molar-refractivity contribution is 0.582. The third-order valence-electron chi connectivity index (χ3n) is 6.47. The summed E-state index contributed by atoms with van der Waals surface area (Å²) in [5.41, 5.74) is 3.46. The summed E-state index contributed by atoms with van der Waals surface area (Å²) < 4.78 is 57.3. The number of rotatable bonds is 6. The van der Waals surface area contributed by atoms with E-state index in [0.717, 1.165) is 42.6 Å². The second-order valence-corrected chi connectivity index (χ2v) is 15.2. The van der Waals surface area contributed by atoms with Crippen LogP contribution < -0.4 is 0 Å². The van der Waals surface area contributed by atoms with E-state index in [9.17, 15) is 16.8 Å². The van der Waals surface area contributed by atoms with Crippen molar-refractivity contribution in [2.75, 3.05) is 0 Å². The van der Waals surface area contributed by atoms with Crippen LogP contribution in [0.25, 0.3) is 22.1 Å². The molecule has 0 radical (unpaired) electrons. The fourth-order valence-corrected chi connectivity index (χ4v) is 9.48. The number of thioether (sulfide) groups is 2. The first kappa shape index (κ1) is 28.2. The molecule has 0 amide bonds. The monoisotopic (exact) mass is 633 g/mol. The van der Waals surface area contributed by atoms with Crippen LogP contribution in [-0.4, -0.2) is 39.1 Å². The zero-order valence-electron chi connectivity index (χ0n) is 22.3. The third kappa shape index (κ3) is 5.02. The number of hydrogen-bond donors (Lipinski definition) is 1. The van der Waals surface area contributed by atoms with Crippen molar-refractivity contribution >= 4 is 70.0 Å². The van der Waals surface area contributed by atoms with E-state index >= 15 is 0 Å². The minimum Gasteiger partial charge on any atom is -0.287 e. The minimum absolute atomic E-state index is 0.0540. The van der Waals surface area contributed by atoms with Gasteiger partial charge in [-0.05, 0) is 85.9 Å². The summed E-state index contributed by atoms with van der Waals surface area (Å²) in [5.74, 6) is 0. The van der Waals surface area contributed by atoms with Crippen molar-refractivity contribution in [2.24, 2.45) is 0 Å². The van der Waals surface area contributed by atoms with Crippen LogP contribution in [0.15, 0.2) is 117 Å².